The van der Waals surface area contributed by atoms with Gasteiger partial charge in [-0.05, 0) is 19.8 Å². The van der Waals surface area contributed by atoms with E-state index in [2.05, 4.69) is 15.2 Å². The highest BCUT2D eigenvalue weighted by Gasteiger charge is 2.30. The minimum Gasteiger partial charge on any atom is -0.370 e. The number of carbonyl (C=O) groups is 2. The molecule has 0 aliphatic heterocycles. The van der Waals surface area contributed by atoms with E-state index in [1.54, 1.807) is 0 Å². The highest BCUT2D eigenvalue weighted by atomic mass is 32.2. The summed E-state index contributed by atoms with van der Waals surface area (Å²) in [7, 11) is 0. The van der Waals surface area contributed by atoms with Gasteiger partial charge in [-0.1, -0.05) is 11.8 Å². The second-order valence-corrected chi connectivity index (χ2v) is 7.94. The fourth-order valence-corrected chi connectivity index (χ4v) is 4.29. The second kappa shape index (κ2) is 7.97. The lowest BCUT2D eigenvalue weighted by Crippen LogP contribution is -2.15. The Labute approximate surface area is 158 Å². The molecule has 0 bridgehead atoms. The highest BCUT2D eigenvalue weighted by Crippen LogP contribution is 2.39. The number of primary amides is 1. The van der Waals surface area contributed by atoms with Crippen molar-refractivity contribution in [3.63, 3.8) is 0 Å². The SMILES string of the molecule is Cc1csc([C@H](C#N)C(=O)CSc2nnc(CCC(N)=O)n2C2CC2)n1. The van der Waals surface area contributed by atoms with Crippen molar-refractivity contribution in [1.29, 1.82) is 5.26 Å². The van der Waals surface area contributed by atoms with Crippen molar-refractivity contribution in [3.05, 3.63) is 21.9 Å². The Morgan fingerprint density at radius 1 is 1.50 bits per heavy atom. The number of rotatable bonds is 9. The zero-order valence-corrected chi connectivity index (χ0v) is 15.8. The maximum absolute atomic E-state index is 12.5. The number of hydrogen-bond acceptors (Lipinski definition) is 8. The maximum Gasteiger partial charge on any atom is 0.217 e. The number of aromatic nitrogens is 4. The molecule has 1 atom stereocenters. The number of nitrogens with zero attached hydrogens (tertiary/aromatic N) is 5. The van der Waals surface area contributed by atoms with Gasteiger partial charge in [0.05, 0.1) is 11.8 Å². The average molecular weight is 390 g/mol. The molecule has 1 aliphatic rings. The predicted molar refractivity (Wildman–Crippen MR) is 96.7 cm³/mol. The molecule has 0 radical (unpaired) electrons. The molecule has 2 N–H and O–H groups in total. The first-order valence-corrected chi connectivity index (χ1v) is 10.1. The number of aryl methyl sites for hydroxylation is 2. The number of thiazole rings is 1. The van der Waals surface area contributed by atoms with Crippen LogP contribution in [0.1, 0.15) is 47.7 Å². The van der Waals surface area contributed by atoms with Gasteiger partial charge in [-0.25, -0.2) is 4.98 Å². The van der Waals surface area contributed by atoms with Crippen LogP contribution in [0.25, 0.3) is 0 Å². The molecule has 0 saturated heterocycles. The van der Waals surface area contributed by atoms with Gasteiger partial charge < -0.3 is 10.3 Å². The van der Waals surface area contributed by atoms with Crippen LogP contribution in [0.5, 0.6) is 0 Å². The van der Waals surface area contributed by atoms with Gasteiger partial charge in [-0.3, -0.25) is 9.59 Å². The van der Waals surface area contributed by atoms with Crippen LogP contribution in [-0.4, -0.2) is 37.2 Å². The van der Waals surface area contributed by atoms with Gasteiger partial charge in [0.1, 0.15) is 10.8 Å². The molecule has 0 spiro atoms. The van der Waals surface area contributed by atoms with E-state index in [-0.39, 0.29) is 23.9 Å². The molecule has 1 fully saturated rings. The van der Waals surface area contributed by atoms with Crippen molar-refractivity contribution >= 4 is 34.8 Å². The third-order valence-corrected chi connectivity index (χ3v) is 5.91. The molecule has 2 heterocycles. The summed E-state index contributed by atoms with van der Waals surface area (Å²) >= 11 is 2.60. The zero-order valence-electron chi connectivity index (χ0n) is 14.2. The Morgan fingerprint density at radius 2 is 2.27 bits per heavy atom. The Kier molecular flexibility index (Phi) is 5.68. The first kappa shape index (κ1) is 18.5. The fourth-order valence-electron chi connectivity index (χ4n) is 2.50. The van der Waals surface area contributed by atoms with Crippen molar-refractivity contribution < 1.29 is 9.59 Å². The van der Waals surface area contributed by atoms with E-state index in [1.165, 1.54) is 23.1 Å². The summed E-state index contributed by atoms with van der Waals surface area (Å²) in [4.78, 5) is 27.7. The molecule has 1 amide bonds. The third-order valence-electron chi connectivity index (χ3n) is 3.92. The van der Waals surface area contributed by atoms with Crippen LogP contribution in [0.4, 0.5) is 0 Å². The number of amides is 1. The van der Waals surface area contributed by atoms with Crippen LogP contribution in [0.3, 0.4) is 0 Å². The normalized spacial score (nSPS) is 14.8. The number of hydrogen-bond donors (Lipinski definition) is 1. The van der Waals surface area contributed by atoms with Crippen molar-refractivity contribution in [2.24, 2.45) is 5.73 Å². The molecule has 0 aromatic carbocycles. The molecule has 8 nitrogen and oxygen atoms in total. The predicted octanol–water partition coefficient (Wildman–Crippen LogP) is 1.76. The van der Waals surface area contributed by atoms with Crippen molar-refractivity contribution in [2.45, 2.75) is 49.7 Å². The van der Waals surface area contributed by atoms with Gasteiger partial charge in [-0.15, -0.1) is 21.5 Å². The molecule has 10 heteroatoms. The van der Waals surface area contributed by atoms with Crippen LogP contribution in [0.15, 0.2) is 10.5 Å². The molecule has 3 rings (SSSR count). The van der Waals surface area contributed by atoms with Gasteiger partial charge in [0.15, 0.2) is 16.9 Å². The summed E-state index contributed by atoms with van der Waals surface area (Å²) < 4.78 is 2.00. The Bertz CT molecular complexity index is 864. The number of thioether (sulfide) groups is 1. The quantitative estimate of drug-likeness (QED) is 0.646. The number of carbonyl (C=O) groups excluding carboxylic acids is 2. The van der Waals surface area contributed by atoms with E-state index >= 15 is 0 Å². The van der Waals surface area contributed by atoms with Gasteiger partial charge in [0.25, 0.3) is 0 Å². The molecular weight excluding hydrogens is 372 g/mol. The second-order valence-electron chi connectivity index (χ2n) is 6.11. The smallest absolute Gasteiger partial charge is 0.217 e. The molecule has 1 aliphatic carbocycles. The van der Waals surface area contributed by atoms with Crippen molar-refractivity contribution in [3.8, 4) is 6.07 Å². The van der Waals surface area contributed by atoms with Gasteiger partial charge >= 0.3 is 0 Å². The van der Waals surface area contributed by atoms with E-state index in [9.17, 15) is 14.9 Å². The molecule has 136 valence electrons. The van der Waals surface area contributed by atoms with Gasteiger partial charge in [0.2, 0.25) is 5.91 Å². The van der Waals surface area contributed by atoms with Crippen LogP contribution in [-0.2, 0) is 16.0 Å². The summed E-state index contributed by atoms with van der Waals surface area (Å²) in [6.07, 6.45) is 2.71. The lowest BCUT2D eigenvalue weighted by Gasteiger charge is -2.09. The minimum absolute atomic E-state index is 0.123. The number of nitrogens with two attached hydrogens (primary N) is 1. The summed E-state index contributed by atoms with van der Waals surface area (Å²) in [5.74, 6) is -0.593. The van der Waals surface area contributed by atoms with E-state index in [0.717, 1.165) is 18.5 Å². The average Bonchev–Trinajstić information content (AvgIpc) is 3.22. The van der Waals surface area contributed by atoms with E-state index in [1.807, 2.05) is 22.9 Å². The molecule has 26 heavy (non-hydrogen) atoms. The largest absolute Gasteiger partial charge is 0.370 e. The number of ketones is 1. The van der Waals surface area contributed by atoms with E-state index < -0.39 is 5.92 Å². The van der Waals surface area contributed by atoms with E-state index in [0.29, 0.717) is 28.5 Å². The van der Waals surface area contributed by atoms with Gasteiger partial charge in [0, 0.05) is 30.0 Å². The standard InChI is InChI=1S/C16H18N6O2S2/c1-9-7-25-15(19-9)11(6-17)12(23)8-26-16-21-20-14(5-4-13(18)24)22(16)10-2-3-10/h7,10-11H,2-5,8H2,1H3,(H2,18,24)/t11-/m1/s1. The topological polar surface area (TPSA) is 128 Å². The van der Waals surface area contributed by atoms with Crippen molar-refractivity contribution in [2.75, 3.05) is 5.75 Å². The molecule has 1 saturated carbocycles. The number of nitriles is 1. The summed E-state index contributed by atoms with van der Waals surface area (Å²) in [6.45, 7) is 1.83. The highest BCUT2D eigenvalue weighted by molar-refractivity contribution is 7.99. The van der Waals surface area contributed by atoms with Crippen LogP contribution < -0.4 is 5.73 Å². The molecular formula is C16H18N6O2S2. The fraction of sp³-hybridized carbons (Fsp3) is 0.500. The lowest BCUT2D eigenvalue weighted by atomic mass is 10.1. The Morgan fingerprint density at radius 3 is 2.85 bits per heavy atom. The number of Topliss-reactive ketones (excluding diaryl/α,β-unsaturated/α-hetero) is 1. The molecule has 2 aromatic rings. The molecule has 2 aromatic heterocycles. The Balaban J connectivity index is 1.68. The lowest BCUT2D eigenvalue weighted by molar-refractivity contribution is -0.118. The van der Waals surface area contributed by atoms with Gasteiger partial charge in [-0.2, -0.15) is 5.26 Å². The van der Waals surface area contributed by atoms with Crippen LogP contribution in [0.2, 0.25) is 0 Å². The van der Waals surface area contributed by atoms with E-state index in [4.69, 9.17) is 5.73 Å². The monoisotopic (exact) mass is 390 g/mol. The Hall–Kier alpha value is -2.25. The molecule has 0 unspecified atom stereocenters. The zero-order chi connectivity index (χ0) is 18.7. The van der Waals surface area contributed by atoms with Crippen LogP contribution >= 0.6 is 23.1 Å². The first-order chi connectivity index (χ1) is 12.5. The summed E-state index contributed by atoms with van der Waals surface area (Å²) in [6, 6.07) is 2.36. The van der Waals surface area contributed by atoms with Crippen molar-refractivity contribution in [1.82, 2.24) is 19.7 Å². The summed E-state index contributed by atoms with van der Waals surface area (Å²) in [5, 5.41) is 20.7. The minimum atomic E-state index is -0.854. The van der Waals surface area contributed by atoms with Crippen LogP contribution in [0, 0.1) is 18.3 Å². The maximum atomic E-state index is 12.5. The third kappa shape index (κ3) is 4.28. The summed E-state index contributed by atoms with van der Waals surface area (Å²) in [5.41, 5.74) is 6.02. The first-order valence-electron chi connectivity index (χ1n) is 8.18.